The molecular weight excluding hydrogens is 294 g/mol. The minimum atomic E-state index is -0.343. The smallest absolute Gasteiger partial charge is 0.0611 e. The molecule has 0 radical (unpaired) electrons. The SMILES string of the molecule is CCCCCC[C@H]1CCc2cc([C@@H]3CC[C@](N)(CO)C3)ccc2C1. The van der Waals surface area contributed by atoms with Gasteiger partial charge in [-0.1, -0.05) is 57.2 Å². The van der Waals surface area contributed by atoms with Crippen LogP contribution in [0, 0.1) is 5.92 Å². The Labute approximate surface area is 147 Å². The van der Waals surface area contributed by atoms with E-state index in [2.05, 4.69) is 25.1 Å². The molecule has 3 rings (SSSR count). The van der Waals surface area contributed by atoms with Crippen LogP contribution in [0.4, 0.5) is 0 Å². The Hall–Kier alpha value is -0.860. The maximum atomic E-state index is 9.49. The highest BCUT2D eigenvalue weighted by Crippen LogP contribution is 2.40. The van der Waals surface area contributed by atoms with Crippen molar-refractivity contribution >= 4 is 0 Å². The minimum Gasteiger partial charge on any atom is -0.394 e. The topological polar surface area (TPSA) is 46.2 Å². The number of aryl methyl sites for hydroxylation is 1. The van der Waals surface area contributed by atoms with Crippen molar-refractivity contribution in [2.75, 3.05) is 6.61 Å². The van der Waals surface area contributed by atoms with Crippen LogP contribution in [-0.4, -0.2) is 17.3 Å². The molecular formula is C22H35NO. The summed E-state index contributed by atoms with van der Waals surface area (Å²) < 4.78 is 0. The number of rotatable bonds is 7. The third-order valence-corrected chi connectivity index (χ3v) is 6.46. The first kappa shape index (κ1) is 17.9. The number of nitrogens with two attached hydrogens (primary N) is 1. The molecule has 1 saturated carbocycles. The van der Waals surface area contributed by atoms with E-state index in [0.717, 1.165) is 25.2 Å². The second-order valence-corrected chi connectivity index (χ2v) is 8.45. The van der Waals surface area contributed by atoms with E-state index in [-0.39, 0.29) is 12.1 Å². The predicted molar refractivity (Wildman–Crippen MR) is 101 cm³/mol. The molecule has 1 fully saturated rings. The number of hydrogen-bond acceptors (Lipinski definition) is 2. The van der Waals surface area contributed by atoms with Gasteiger partial charge in [0.15, 0.2) is 0 Å². The fraction of sp³-hybridized carbons (Fsp3) is 0.727. The molecule has 134 valence electrons. The van der Waals surface area contributed by atoms with Gasteiger partial charge in [-0.3, -0.25) is 0 Å². The fourth-order valence-electron chi connectivity index (χ4n) is 4.80. The van der Waals surface area contributed by atoms with Crippen LogP contribution in [0.15, 0.2) is 18.2 Å². The summed E-state index contributed by atoms with van der Waals surface area (Å²) in [6, 6.07) is 7.18. The average molecular weight is 330 g/mol. The van der Waals surface area contributed by atoms with E-state index in [9.17, 15) is 5.11 Å². The predicted octanol–water partition coefficient (Wildman–Crippen LogP) is 4.72. The molecule has 0 heterocycles. The molecule has 24 heavy (non-hydrogen) atoms. The minimum absolute atomic E-state index is 0.119. The maximum Gasteiger partial charge on any atom is 0.0611 e. The fourth-order valence-corrected chi connectivity index (χ4v) is 4.80. The molecule has 1 aromatic carbocycles. The van der Waals surface area contributed by atoms with Gasteiger partial charge in [0.1, 0.15) is 0 Å². The van der Waals surface area contributed by atoms with Crippen molar-refractivity contribution in [1.82, 2.24) is 0 Å². The van der Waals surface area contributed by atoms with Crippen LogP contribution in [0.3, 0.4) is 0 Å². The van der Waals surface area contributed by atoms with Crippen LogP contribution in [0.25, 0.3) is 0 Å². The summed E-state index contributed by atoms with van der Waals surface area (Å²) in [5.41, 5.74) is 10.5. The van der Waals surface area contributed by atoms with Gasteiger partial charge in [-0.25, -0.2) is 0 Å². The molecule has 2 aliphatic carbocycles. The number of fused-ring (bicyclic) bond motifs is 1. The van der Waals surface area contributed by atoms with Gasteiger partial charge in [-0.2, -0.15) is 0 Å². The molecule has 0 amide bonds. The first-order valence-corrected chi connectivity index (χ1v) is 10.1. The van der Waals surface area contributed by atoms with E-state index < -0.39 is 0 Å². The molecule has 0 bridgehead atoms. The van der Waals surface area contributed by atoms with Crippen LogP contribution in [0.2, 0.25) is 0 Å². The van der Waals surface area contributed by atoms with E-state index >= 15 is 0 Å². The summed E-state index contributed by atoms with van der Waals surface area (Å²) in [6.45, 7) is 2.40. The van der Waals surface area contributed by atoms with E-state index in [1.807, 2.05) is 0 Å². The van der Waals surface area contributed by atoms with Crippen LogP contribution in [0.5, 0.6) is 0 Å². The Morgan fingerprint density at radius 1 is 1.17 bits per heavy atom. The van der Waals surface area contributed by atoms with Crippen molar-refractivity contribution in [1.29, 1.82) is 0 Å². The Kier molecular flexibility index (Phi) is 5.99. The van der Waals surface area contributed by atoms with Gasteiger partial charge < -0.3 is 10.8 Å². The van der Waals surface area contributed by atoms with Gasteiger partial charge >= 0.3 is 0 Å². The Morgan fingerprint density at radius 3 is 2.79 bits per heavy atom. The molecule has 3 atom stereocenters. The number of aliphatic hydroxyl groups is 1. The molecule has 0 aromatic heterocycles. The molecule has 0 aliphatic heterocycles. The van der Waals surface area contributed by atoms with Gasteiger partial charge in [-0.05, 0) is 67.1 Å². The highest BCUT2D eigenvalue weighted by atomic mass is 16.3. The zero-order chi connectivity index (χ0) is 17.0. The van der Waals surface area contributed by atoms with Crippen molar-refractivity contribution in [2.45, 2.75) is 89.0 Å². The number of unbranched alkanes of at least 4 members (excludes halogenated alkanes) is 3. The Bertz CT molecular complexity index is 541. The molecule has 0 spiro atoms. The van der Waals surface area contributed by atoms with Crippen LogP contribution < -0.4 is 5.73 Å². The molecule has 0 saturated heterocycles. The lowest BCUT2D eigenvalue weighted by molar-refractivity contribution is 0.198. The molecule has 3 N–H and O–H groups in total. The van der Waals surface area contributed by atoms with E-state index in [1.54, 1.807) is 11.1 Å². The largest absolute Gasteiger partial charge is 0.394 e. The summed E-state index contributed by atoms with van der Waals surface area (Å²) in [5, 5.41) is 9.49. The summed E-state index contributed by atoms with van der Waals surface area (Å²) in [6.07, 6.45) is 13.9. The molecule has 0 unspecified atom stereocenters. The Balaban J connectivity index is 1.58. The third kappa shape index (κ3) is 4.21. The molecule has 1 aromatic rings. The van der Waals surface area contributed by atoms with Crippen molar-refractivity contribution in [3.8, 4) is 0 Å². The summed E-state index contributed by atoms with van der Waals surface area (Å²) in [7, 11) is 0. The lowest BCUT2D eigenvalue weighted by Crippen LogP contribution is -2.40. The van der Waals surface area contributed by atoms with Crippen LogP contribution in [-0.2, 0) is 12.8 Å². The van der Waals surface area contributed by atoms with Crippen LogP contribution >= 0.6 is 0 Å². The van der Waals surface area contributed by atoms with E-state index in [1.165, 1.54) is 56.9 Å². The monoisotopic (exact) mass is 329 g/mol. The zero-order valence-electron chi connectivity index (χ0n) is 15.4. The van der Waals surface area contributed by atoms with Gasteiger partial charge in [0.25, 0.3) is 0 Å². The lowest BCUT2D eigenvalue weighted by Gasteiger charge is -2.26. The first-order valence-electron chi connectivity index (χ1n) is 10.1. The standard InChI is InChI=1S/C22H35NO/c1-2-3-4-5-6-17-7-8-19-14-20(10-9-18(19)13-17)21-11-12-22(23,15-21)16-24/h9-10,14,17,21,24H,2-8,11-13,15-16,23H2,1H3/t17-,21+,22+/m0/s1. The quantitative estimate of drug-likeness (QED) is 0.711. The first-order chi connectivity index (χ1) is 11.6. The molecule has 2 heteroatoms. The molecule has 2 aliphatic rings. The van der Waals surface area contributed by atoms with Gasteiger partial charge in [0.2, 0.25) is 0 Å². The maximum absolute atomic E-state index is 9.49. The second-order valence-electron chi connectivity index (χ2n) is 8.45. The summed E-state index contributed by atoms with van der Waals surface area (Å²) in [5.74, 6) is 1.44. The van der Waals surface area contributed by atoms with Crippen molar-refractivity contribution in [2.24, 2.45) is 11.7 Å². The number of aliphatic hydroxyl groups excluding tert-OH is 1. The Morgan fingerprint density at radius 2 is 2.04 bits per heavy atom. The number of benzene rings is 1. The van der Waals surface area contributed by atoms with Crippen LogP contribution in [0.1, 0.15) is 87.3 Å². The number of hydrogen-bond donors (Lipinski definition) is 2. The van der Waals surface area contributed by atoms with Crippen molar-refractivity contribution < 1.29 is 5.11 Å². The zero-order valence-corrected chi connectivity index (χ0v) is 15.4. The highest BCUT2D eigenvalue weighted by Gasteiger charge is 2.36. The lowest BCUT2D eigenvalue weighted by atomic mass is 9.79. The van der Waals surface area contributed by atoms with Gasteiger partial charge in [0.05, 0.1) is 6.61 Å². The summed E-state index contributed by atoms with van der Waals surface area (Å²) >= 11 is 0. The van der Waals surface area contributed by atoms with Crippen molar-refractivity contribution in [3.05, 3.63) is 34.9 Å². The average Bonchev–Trinajstić information content (AvgIpc) is 3.01. The third-order valence-electron chi connectivity index (χ3n) is 6.46. The normalized spacial score (nSPS) is 29.6. The highest BCUT2D eigenvalue weighted by molar-refractivity contribution is 5.36. The second kappa shape index (κ2) is 8.01. The summed E-state index contributed by atoms with van der Waals surface area (Å²) in [4.78, 5) is 0. The van der Waals surface area contributed by atoms with E-state index in [4.69, 9.17) is 5.73 Å². The van der Waals surface area contributed by atoms with E-state index in [0.29, 0.717) is 5.92 Å². The van der Waals surface area contributed by atoms with Crippen molar-refractivity contribution in [3.63, 3.8) is 0 Å². The van der Waals surface area contributed by atoms with Gasteiger partial charge in [0, 0.05) is 5.54 Å². The van der Waals surface area contributed by atoms with Gasteiger partial charge in [-0.15, -0.1) is 0 Å². The molecule has 2 nitrogen and oxygen atoms in total.